The highest BCUT2D eigenvalue weighted by atomic mass is 16.5. The fourth-order valence-corrected chi connectivity index (χ4v) is 2.73. The molecule has 0 unspecified atom stereocenters. The molecular weight excluding hydrogens is 294 g/mol. The van der Waals surface area contributed by atoms with E-state index in [0.29, 0.717) is 25.2 Å². The SMILES string of the molecule is Cc1cc(CN2CCN(C(=O)c3ccnc(CN)c3)CC2)on1. The van der Waals surface area contributed by atoms with E-state index >= 15 is 0 Å². The molecule has 0 bridgehead atoms. The first-order valence-corrected chi connectivity index (χ1v) is 7.74. The zero-order valence-electron chi connectivity index (χ0n) is 13.2. The van der Waals surface area contributed by atoms with Crippen molar-refractivity contribution in [2.45, 2.75) is 20.0 Å². The standard InChI is InChI=1S/C16H21N5O2/c1-12-8-15(23-19-12)11-20-4-6-21(7-5-20)16(22)13-2-3-18-14(9-13)10-17/h2-3,8-9H,4-7,10-11,17H2,1H3. The Bertz CT molecular complexity index is 677. The van der Waals surface area contributed by atoms with Crippen molar-refractivity contribution in [1.82, 2.24) is 19.9 Å². The molecule has 1 amide bonds. The summed E-state index contributed by atoms with van der Waals surface area (Å²) in [4.78, 5) is 20.8. The molecule has 1 aliphatic rings. The van der Waals surface area contributed by atoms with Crippen LogP contribution in [0.1, 0.15) is 27.5 Å². The quantitative estimate of drug-likeness (QED) is 0.897. The third-order valence-electron chi connectivity index (χ3n) is 3.99. The molecule has 7 heteroatoms. The Morgan fingerprint density at radius 2 is 2.09 bits per heavy atom. The van der Waals surface area contributed by atoms with Gasteiger partial charge in [-0.05, 0) is 19.1 Å². The van der Waals surface area contributed by atoms with E-state index in [4.69, 9.17) is 10.3 Å². The number of hydrogen-bond acceptors (Lipinski definition) is 6. The average Bonchev–Trinajstić information content (AvgIpc) is 3.00. The summed E-state index contributed by atoms with van der Waals surface area (Å²) in [7, 11) is 0. The van der Waals surface area contributed by atoms with Crippen molar-refractivity contribution in [2.75, 3.05) is 26.2 Å². The van der Waals surface area contributed by atoms with Gasteiger partial charge in [0.25, 0.3) is 5.91 Å². The molecule has 0 radical (unpaired) electrons. The Balaban J connectivity index is 1.56. The molecule has 2 aromatic heterocycles. The third kappa shape index (κ3) is 3.75. The van der Waals surface area contributed by atoms with E-state index in [-0.39, 0.29) is 5.91 Å². The second-order valence-electron chi connectivity index (χ2n) is 5.74. The Morgan fingerprint density at radius 1 is 1.30 bits per heavy atom. The Hall–Kier alpha value is -2.25. The monoisotopic (exact) mass is 315 g/mol. The smallest absolute Gasteiger partial charge is 0.254 e. The number of nitrogens with zero attached hydrogens (tertiary/aromatic N) is 4. The Kier molecular flexibility index (Phi) is 4.68. The first-order chi connectivity index (χ1) is 11.2. The maximum absolute atomic E-state index is 12.5. The van der Waals surface area contributed by atoms with Gasteiger partial charge >= 0.3 is 0 Å². The first-order valence-electron chi connectivity index (χ1n) is 7.74. The maximum atomic E-state index is 12.5. The number of pyridine rings is 1. The van der Waals surface area contributed by atoms with Crippen LogP contribution < -0.4 is 5.73 Å². The van der Waals surface area contributed by atoms with Crippen LogP contribution in [0.2, 0.25) is 0 Å². The largest absolute Gasteiger partial charge is 0.360 e. The van der Waals surface area contributed by atoms with Crippen LogP contribution in [0.5, 0.6) is 0 Å². The molecule has 122 valence electrons. The predicted octanol–water partition coefficient (Wildman–Crippen LogP) is 0.795. The zero-order valence-corrected chi connectivity index (χ0v) is 13.2. The summed E-state index contributed by atoms with van der Waals surface area (Å²) in [6, 6.07) is 5.46. The number of nitrogens with two attached hydrogens (primary N) is 1. The summed E-state index contributed by atoms with van der Waals surface area (Å²) in [6.07, 6.45) is 1.64. The summed E-state index contributed by atoms with van der Waals surface area (Å²) in [6.45, 7) is 6.02. The number of piperazine rings is 1. The summed E-state index contributed by atoms with van der Waals surface area (Å²) < 4.78 is 5.25. The van der Waals surface area contributed by atoms with E-state index in [1.54, 1.807) is 18.3 Å². The fraction of sp³-hybridized carbons (Fsp3) is 0.438. The lowest BCUT2D eigenvalue weighted by molar-refractivity contribution is 0.0617. The van der Waals surface area contributed by atoms with Crippen LogP contribution in [0.4, 0.5) is 0 Å². The molecule has 1 fully saturated rings. The number of carbonyl (C=O) groups excluding carboxylic acids is 1. The van der Waals surface area contributed by atoms with Gasteiger partial charge in [-0.25, -0.2) is 0 Å². The molecule has 23 heavy (non-hydrogen) atoms. The van der Waals surface area contributed by atoms with Gasteiger partial charge in [0.15, 0.2) is 5.76 Å². The average molecular weight is 315 g/mol. The number of aryl methyl sites for hydroxylation is 1. The molecule has 2 N–H and O–H groups in total. The summed E-state index contributed by atoms with van der Waals surface area (Å²) in [5.41, 5.74) is 7.86. The highest BCUT2D eigenvalue weighted by Crippen LogP contribution is 2.12. The van der Waals surface area contributed by atoms with Gasteiger partial charge in [0.05, 0.1) is 17.9 Å². The molecule has 3 heterocycles. The van der Waals surface area contributed by atoms with Gasteiger partial charge in [-0.1, -0.05) is 5.16 Å². The molecule has 0 atom stereocenters. The fourth-order valence-electron chi connectivity index (χ4n) is 2.73. The number of carbonyl (C=O) groups is 1. The lowest BCUT2D eigenvalue weighted by Crippen LogP contribution is -2.48. The van der Waals surface area contributed by atoms with Crippen molar-refractivity contribution in [3.8, 4) is 0 Å². The normalized spacial score (nSPS) is 15.8. The van der Waals surface area contributed by atoms with Gasteiger partial charge in [-0.3, -0.25) is 14.7 Å². The molecule has 7 nitrogen and oxygen atoms in total. The van der Waals surface area contributed by atoms with Crippen molar-refractivity contribution in [3.63, 3.8) is 0 Å². The molecule has 0 spiro atoms. The molecule has 0 aliphatic carbocycles. The topological polar surface area (TPSA) is 88.5 Å². The second kappa shape index (κ2) is 6.89. The minimum absolute atomic E-state index is 0.0391. The highest BCUT2D eigenvalue weighted by molar-refractivity contribution is 5.94. The summed E-state index contributed by atoms with van der Waals surface area (Å²) >= 11 is 0. The number of amides is 1. The van der Waals surface area contributed by atoms with Crippen LogP contribution in [0.15, 0.2) is 28.9 Å². The van der Waals surface area contributed by atoms with Gasteiger partial charge in [0.2, 0.25) is 0 Å². The maximum Gasteiger partial charge on any atom is 0.254 e. The van der Waals surface area contributed by atoms with Gasteiger partial charge in [-0.2, -0.15) is 0 Å². The predicted molar refractivity (Wildman–Crippen MR) is 84.5 cm³/mol. The van der Waals surface area contributed by atoms with Gasteiger partial charge in [0, 0.05) is 50.6 Å². The van der Waals surface area contributed by atoms with Crippen LogP contribution in [-0.2, 0) is 13.1 Å². The van der Waals surface area contributed by atoms with Gasteiger partial charge < -0.3 is 15.2 Å². The minimum Gasteiger partial charge on any atom is -0.360 e. The highest BCUT2D eigenvalue weighted by Gasteiger charge is 2.23. The van der Waals surface area contributed by atoms with Crippen LogP contribution in [-0.4, -0.2) is 52.0 Å². The van der Waals surface area contributed by atoms with E-state index in [1.165, 1.54) is 0 Å². The number of rotatable bonds is 4. The Labute approximate surface area is 135 Å². The van der Waals surface area contributed by atoms with Crippen molar-refractivity contribution in [3.05, 3.63) is 47.1 Å². The van der Waals surface area contributed by atoms with Gasteiger partial charge in [-0.15, -0.1) is 0 Å². The van der Waals surface area contributed by atoms with E-state index in [2.05, 4.69) is 15.0 Å². The van der Waals surface area contributed by atoms with Gasteiger partial charge in [0.1, 0.15) is 0 Å². The van der Waals surface area contributed by atoms with E-state index in [0.717, 1.165) is 36.8 Å². The molecule has 1 aliphatic heterocycles. The molecule has 0 aromatic carbocycles. The number of hydrogen-bond donors (Lipinski definition) is 1. The zero-order chi connectivity index (χ0) is 16.2. The van der Waals surface area contributed by atoms with E-state index < -0.39 is 0 Å². The molecule has 3 rings (SSSR count). The summed E-state index contributed by atoms with van der Waals surface area (Å²) in [5, 5.41) is 3.90. The van der Waals surface area contributed by atoms with Crippen molar-refractivity contribution < 1.29 is 9.32 Å². The second-order valence-corrected chi connectivity index (χ2v) is 5.74. The lowest BCUT2D eigenvalue weighted by atomic mass is 10.2. The van der Waals surface area contributed by atoms with Crippen molar-refractivity contribution in [1.29, 1.82) is 0 Å². The Morgan fingerprint density at radius 3 is 2.74 bits per heavy atom. The molecule has 0 saturated carbocycles. The first kappa shape index (κ1) is 15.6. The van der Waals surface area contributed by atoms with Crippen LogP contribution in [0, 0.1) is 6.92 Å². The molecular formula is C16H21N5O2. The van der Waals surface area contributed by atoms with Crippen LogP contribution in [0.25, 0.3) is 0 Å². The van der Waals surface area contributed by atoms with Crippen LogP contribution >= 0.6 is 0 Å². The lowest BCUT2D eigenvalue weighted by Gasteiger charge is -2.34. The van der Waals surface area contributed by atoms with E-state index in [1.807, 2.05) is 17.9 Å². The van der Waals surface area contributed by atoms with E-state index in [9.17, 15) is 4.79 Å². The molecule has 2 aromatic rings. The molecule has 1 saturated heterocycles. The number of aromatic nitrogens is 2. The minimum atomic E-state index is 0.0391. The van der Waals surface area contributed by atoms with Crippen molar-refractivity contribution >= 4 is 5.91 Å². The van der Waals surface area contributed by atoms with Crippen LogP contribution in [0.3, 0.4) is 0 Å². The third-order valence-corrected chi connectivity index (χ3v) is 3.99. The van der Waals surface area contributed by atoms with Crippen molar-refractivity contribution in [2.24, 2.45) is 5.73 Å². The summed E-state index contributed by atoms with van der Waals surface area (Å²) in [5.74, 6) is 0.904.